The number of nitroso groups, excluding NO2 is 1. The average molecular weight is 460 g/mol. The van der Waals surface area contributed by atoms with Crippen LogP contribution in [-0.4, -0.2) is 27.6 Å². The van der Waals surface area contributed by atoms with Crippen LogP contribution < -0.4 is 4.74 Å². The van der Waals surface area contributed by atoms with Gasteiger partial charge in [-0.3, -0.25) is 0 Å². The molecule has 0 saturated carbocycles. The number of nitrogens with zero attached hydrogens (tertiary/aromatic N) is 1. The van der Waals surface area contributed by atoms with E-state index in [9.17, 15) is 18.1 Å². The molecule has 0 aliphatic carbocycles. The second-order valence-electron chi connectivity index (χ2n) is 8.35. The van der Waals surface area contributed by atoms with Crippen molar-refractivity contribution in [1.29, 1.82) is 0 Å². The lowest BCUT2D eigenvalue weighted by atomic mass is 9.81. The zero-order valence-electron chi connectivity index (χ0n) is 19.2. The normalized spacial score (nSPS) is 11.8. The Bertz CT molecular complexity index is 991. The van der Waals surface area contributed by atoms with Crippen LogP contribution in [0.1, 0.15) is 63.5 Å². The number of rotatable bonds is 14. The molecule has 2 rings (SSSR count). The number of hydrogen-bond acceptors (Lipinski definition) is 6. The Labute approximate surface area is 191 Å². The van der Waals surface area contributed by atoms with Crippen LogP contribution in [-0.2, 0) is 21.1 Å². The number of carbonyl (C=O) groups is 1. The maximum absolute atomic E-state index is 13.6. The van der Waals surface area contributed by atoms with E-state index in [2.05, 4.69) is 5.18 Å². The number of ether oxygens (including phenoxy) is 1. The molecule has 0 amide bonds. The van der Waals surface area contributed by atoms with E-state index in [0.717, 1.165) is 37.5 Å². The van der Waals surface area contributed by atoms with Gasteiger partial charge in [0.2, 0.25) is 0 Å². The quantitative estimate of drug-likeness (QED) is 0.254. The van der Waals surface area contributed by atoms with Crippen molar-refractivity contribution in [3.05, 3.63) is 58.5 Å². The lowest BCUT2D eigenvalue weighted by Crippen LogP contribution is -2.32. The number of sulfone groups is 1. The Balaban J connectivity index is 2.45. The van der Waals surface area contributed by atoms with Gasteiger partial charge in [0.25, 0.3) is 0 Å². The fraction of sp³-hybridized carbons (Fsp3) is 0.480. The van der Waals surface area contributed by atoms with Gasteiger partial charge < -0.3 is 9.53 Å². The van der Waals surface area contributed by atoms with E-state index in [1.165, 1.54) is 18.2 Å². The molecule has 0 unspecified atom stereocenters. The fourth-order valence-electron chi connectivity index (χ4n) is 3.96. The Morgan fingerprint density at radius 2 is 1.62 bits per heavy atom. The highest BCUT2D eigenvalue weighted by Gasteiger charge is 2.36. The van der Waals surface area contributed by atoms with Crippen molar-refractivity contribution < 1.29 is 17.9 Å². The molecule has 2 aromatic carbocycles. The van der Waals surface area contributed by atoms with Crippen molar-refractivity contribution in [1.82, 2.24) is 0 Å². The summed E-state index contributed by atoms with van der Waals surface area (Å²) in [5.74, 6) is 0.472. The van der Waals surface area contributed by atoms with Crippen LogP contribution in [0.25, 0.3) is 0 Å². The van der Waals surface area contributed by atoms with Crippen LogP contribution in [0.2, 0.25) is 0 Å². The van der Waals surface area contributed by atoms with Crippen molar-refractivity contribution >= 4 is 21.8 Å². The Kier molecular flexibility index (Phi) is 9.57. The van der Waals surface area contributed by atoms with Gasteiger partial charge in [-0.1, -0.05) is 51.7 Å². The minimum absolute atomic E-state index is 0.153. The molecule has 6 nitrogen and oxygen atoms in total. The zero-order chi connectivity index (χ0) is 23.6. The predicted molar refractivity (Wildman–Crippen MR) is 127 cm³/mol. The fourth-order valence-corrected chi connectivity index (χ4v) is 6.04. The molecule has 7 heteroatoms. The van der Waals surface area contributed by atoms with Crippen LogP contribution in [0.3, 0.4) is 0 Å². The third-order valence-electron chi connectivity index (χ3n) is 5.82. The van der Waals surface area contributed by atoms with E-state index in [-0.39, 0.29) is 16.3 Å². The minimum Gasteiger partial charge on any atom is -0.497 e. The van der Waals surface area contributed by atoms with Crippen molar-refractivity contribution in [3.63, 3.8) is 0 Å². The number of aldehydes is 1. The number of benzene rings is 2. The Morgan fingerprint density at radius 3 is 2.12 bits per heavy atom. The summed E-state index contributed by atoms with van der Waals surface area (Å²) in [6, 6.07) is 11.7. The summed E-state index contributed by atoms with van der Waals surface area (Å²) in [4.78, 5) is 23.4. The second-order valence-corrected chi connectivity index (χ2v) is 10.3. The van der Waals surface area contributed by atoms with Crippen LogP contribution in [0.4, 0.5) is 5.69 Å². The molecule has 0 spiro atoms. The van der Waals surface area contributed by atoms with E-state index >= 15 is 0 Å². The van der Waals surface area contributed by atoms with Crippen molar-refractivity contribution in [2.24, 2.45) is 10.6 Å². The SMILES string of the molecule is CCCCC(C=O)(CCCC)CS(=O)(=O)c1ccc(N=O)cc1Cc1ccc(OC)cc1. The third kappa shape index (κ3) is 6.73. The van der Waals surface area contributed by atoms with Gasteiger partial charge in [0.1, 0.15) is 17.7 Å². The summed E-state index contributed by atoms with van der Waals surface area (Å²) >= 11 is 0. The summed E-state index contributed by atoms with van der Waals surface area (Å²) in [5, 5.41) is 2.97. The first kappa shape index (κ1) is 25.7. The highest BCUT2D eigenvalue weighted by Crippen LogP contribution is 2.35. The van der Waals surface area contributed by atoms with Gasteiger partial charge >= 0.3 is 0 Å². The smallest absolute Gasteiger partial charge is 0.179 e. The molecule has 0 aliphatic heterocycles. The van der Waals surface area contributed by atoms with Gasteiger partial charge in [0.15, 0.2) is 9.84 Å². The van der Waals surface area contributed by atoms with E-state index in [1.54, 1.807) is 19.2 Å². The molecule has 2 aromatic rings. The van der Waals surface area contributed by atoms with Crippen LogP contribution in [0.5, 0.6) is 5.75 Å². The maximum Gasteiger partial charge on any atom is 0.179 e. The topological polar surface area (TPSA) is 89.9 Å². The molecule has 0 atom stereocenters. The summed E-state index contributed by atoms with van der Waals surface area (Å²) in [6.45, 7) is 4.06. The Morgan fingerprint density at radius 1 is 1.00 bits per heavy atom. The van der Waals surface area contributed by atoms with Crippen molar-refractivity contribution in [2.45, 2.75) is 63.7 Å². The third-order valence-corrected chi connectivity index (χ3v) is 7.85. The number of hydrogen-bond donors (Lipinski definition) is 0. The minimum atomic E-state index is -3.78. The second kappa shape index (κ2) is 11.9. The highest BCUT2D eigenvalue weighted by molar-refractivity contribution is 7.91. The predicted octanol–water partition coefficient (Wildman–Crippen LogP) is 6.02. The number of carbonyl (C=O) groups excluding carboxylic acids is 1. The summed E-state index contributed by atoms with van der Waals surface area (Å²) in [7, 11) is -2.20. The van der Waals surface area contributed by atoms with E-state index < -0.39 is 15.3 Å². The van der Waals surface area contributed by atoms with Crippen molar-refractivity contribution in [2.75, 3.05) is 12.9 Å². The van der Waals surface area contributed by atoms with Gasteiger partial charge in [-0.15, -0.1) is 4.91 Å². The first-order valence-electron chi connectivity index (χ1n) is 11.1. The summed E-state index contributed by atoms with van der Waals surface area (Å²) in [6.07, 6.45) is 5.64. The lowest BCUT2D eigenvalue weighted by molar-refractivity contribution is -0.116. The maximum atomic E-state index is 13.6. The molecule has 0 bridgehead atoms. The molecule has 0 saturated heterocycles. The van der Waals surface area contributed by atoms with Gasteiger partial charge in [-0.2, -0.15) is 0 Å². The van der Waals surface area contributed by atoms with Crippen molar-refractivity contribution in [3.8, 4) is 5.75 Å². The van der Waals surface area contributed by atoms with Crippen LogP contribution in [0.15, 0.2) is 52.5 Å². The van der Waals surface area contributed by atoms with Gasteiger partial charge in [-0.25, -0.2) is 8.42 Å². The van der Waals surface area contributed by atoms with E-state index in [4.69, 9.17) is 4.74 Å². The monoisotopic (exact) mass is 459 g/mol. The van der Waals surface area contributed by atoms with Gasteiger partial charge in [-0.05, 0) is 65.9 Å². The van der Waals surface area contributed by atoms with Crippen LogP contribution >= 0.6 is 0 Å². The largest absolute Gasteiger partial charge is 0.497 e. The number of unbranched alkanes of at least 4 members (excludes halogenated alkanes) is 2. The molecular weight excluding hydrogens is 426 g/mol. The summed E-state index contributed by atoms with van der Waals surface area (Å²) in [5.41, 5.74) is 0.650. The molecule has 0 N–H and O–H groups in total. The lowest BCUT2D eigenvalue weighted by Gasteiger charge is -2.28. The van der Waals surface area contributed by atoms with Gasteiger partial charge in [0.05, 0.1) is 17.8 Å². The van der Waals surface area contributed by atoms with E-state index in [1.807, 2.05) is 26.0 Å². The first-order chi connectivity index (χ1) is 15.3. The molecule has 0 heterocycles. The zero-order valence-corrected chi connectivity index (χ0v) is 20.0. The van der Waals surface area contributed by atoms with Crippen LogP contribution in [0, 0.1) is 10.3 Å². The molecule has 32 heavy (non-hydrogen) atoms. The standard InChI is InChI=1S/C25H33NO5S/c1-4-6-14-25(18-27,15-7-5-2)19-32(29,30)24-13-10-22(26-28)17-21(24)16-20-8-11-23(31-3)12-9-20/h8-13,17-18H,4-7,14-16,19H2,1-3H3. The molecule has 0 radical (unpaired) electrons. The average Bonchev–Trinajstić information content (AvgIpc) is 2.81. The summed E-state index contributed by atoms with van der Waals surface area (Å²) < 4.78 is 32.3. The Hall–Kier alpha value is -2.54. The molecule has 0 aliphatic rings. The molecular formula is C25H33NO5S. The van der Waals surface area contributed by atoms with E-state index in [0.29, 0.717) is 30.6 Å². The highest BCUT2D eigenvalue weighted by atomic mass is 32.2. The number of methoxy groups -OCH3 is 1. The van der Waals surface area contributed by atoms with Gasteiger partial charge in [0, 0.05) is 5.41 Å². The first-order valence-corrected chi connectivity index (χ1v) is 12.8. The molecule has 174 valence electrons. The molecule has 0 aromatic heterocycles. The molecule has 0 fully saturated rings.